The minimum atomic E-state index is 0.642. The van der Waals surface area contributed by atoms with Crippen LogP contribution in [-0.4, -0.2) is 11.8 Å². The summed E-state index contributed by atoms with van der Waals surface area (Å²) in [6.45, 7) is 5.43. The summed E-state index contributed by atoms with van der Waals surface area (Å²) in [4.78, 5) is 1.42. The molecule has 0 amide bonds. The zero-order valence-electron chi connectivity index (χ0n) is 12.1. The average molecular weight is 283 g/mol. The van der Waals surface area contributed by atoms with E-state index in [2.05, 4.69) is 61.6 Å². The van der Waals surface area contributed by atoms with Gasteiger partial charge in [-0.15, -0.1) is 11.8 Å². The van der Waals surface area contributed by atoms with E-state index in [0.717, 1.165) is 6.54 Å². The van der Waals surface area contributed by atoms with Crippen molar-refractivity contribution in [3.63, 3.8) is 0 Å². The number of hydrogen-bond donors (Lipinski definition) is 1. The average Bonchev–Trinajstić information content (AvgIpc) is 2.65. The first-order valence-electron chi connectivity index (χ1n) is 7.28. The lowest BCUT2D eigenvalue weighted by Gasteiger charge is -2.16. The molecule has 0 aromatic heterocycles. The van der Waals surface area contributed by atoms with E-state index < -0.39 is 0 Å². The van der Waals surface area contributed by atoms with Crippen molar-refractivity contribution >= 4 is 17.4 Å². The number of rotatable bonds is 2. The Kier molecular flexibility index (Phi) is 4.02. The Hall–Kier alpha value is -1.41. The van der Waals surface area contributed by atoms with Gasteiger partial charge >= 0.3 is 0 Å². The molecule has 2 heteroatoms. The lowest BCUT2D eigenvalue weighted by Crippen LogP contribution is -2.14. The Bertz CT molecular complexity index is 579. The molecule has 2 aromatic carbocycles. The molecule has 1 nitrogen and oxygen atoms in total. The van der Waals surface area contributed by atoms with Crippen LogP contribution in [0.3, 0.4) is 0 Å². The van der Waals surface area contributed by atoms with E-state index in [1.165, 1.54) is 40.1 Å². The Balaban J connectivity index is 1.71. The van der Waals surface area contributed by atoms with Crippen LogP contribution >= 0.6 is 11.8 Å². The number of hydrogen-bond acceptors (Lipinski definition) is 2. The largest absolute Gasteiger partial charge is 0.384 e. The van der Waals surface area contributed by atoms with Gasteiger partial charge in [-0.05, 0) is 49.9 Å². The number of benzene rings is 2. The normalized spacial score (nSPS) is 18.0. The molecule has 0 saturated carbocycles. The van der Waals surface area contributed by atoms with Gasteiger partial charge in [0.1, 0.15) is 0 Å². The van der Waals surface area contributed by atoms with Crippen LogP contribution in [0.1, 0.15) is 23.1 Å². The van der Waals surface area contributed by atoms with Crippen LogP contribution in [-0.2, 0) is 6.42 Å². The monoisotopic (exact) mass is 283 g/mol. The first kappa shape index (κ1) is 13.6. The molecule has 1 atom stereocenters. The van der Waals surface area contributed by atoms with Gasteiger partial charge < -0.3 is 5.32 Å². The highest BCUT2D eigenvalue weighted by Crippen LogP contribution is 2.32. The summed E-state index contributed by atoms with van der Waals surface area (Å²) in [7, 11) is 0. The van der Waals surface area contributed by atoms with Gasteiger partial charge in [-0.3, -0.25) is 0 Å². The third-order valence-corrected chi connectivity index (χ3v) is 5.34. The summed E-state index contributed by atoms with van der Waals surface area (Å²) < 4.78 is 0. The van der Waals surface area contributed by atoms with Gasteiger partial charge in [-0.1, -0.05) is 35.9 Å². The number of anilines is 1. The molecular formula is C18H21NS. The summed E-state index contributed by atoms with van der Waals surface area (Å²) in [6.07, 6.45) is 2.41. The van der Waals surface area contributed by atoms with Crippen LogP contribution in [0.5, 0.6) is 0 Å². The molecule has 0 radical (unpaired) electrons. The molecule has 3 rings (SSSR count). The van der Waals surface area contributed by atoms with Crippen molar-refractivity contribution in [3.05, 3.63) is 59.2 Å². The SMILES string of the molecule is Cc1ccc(SC2CCc3ccccc3NC2)c(C)c1. The lowest BCUT2D eigenvalue weighted by atomic mass is 10.1. The number of thioether (sulfide) groups is 1. The predicted octanol–water partition coefficient (Wildman–Crippen LogP) is 4.82. The smallest absolute Gasteiger partial charge is 0.0373 e. The highest BCUT2D eigenvalue weighted by molar-refractivity contribution is 8.00. The van der Waals surface area contributed by atoms with E-state index in [1.54, 1.807) is 0 Å². The van der Waals surface area contributed by atoms with Crippen molar-refractivity contribution < 1.29 is 0 Å². The third kappa shape index (κ3) is 3.01. The van der Waals surface area contributed by atoms with Crippen LogP contribution in [0.4, 0.5) is 5.69 Å². The fraction of sp³-hybridized carbons (Fsp3) is 0.333. The zero-order valence-corrected chi connectivity index (χ0v) is 13.0. The fourth-order valence-corrected chi connectivity index (χ4v) is 3.92. The molecule has 1 aliphatic heterocycles. The maximum absolute atomic E-state index is 3.61. The maximum Gasteiger partial charge on any atom is 0.0373 e. The molecule has 2 aromatic rings. The van der Waals surface area contributed by atoms with Crippen LogP contribution in [0.15, 0.2) is 47.4 Å². The quantitative estimate of drug-likeness (QED) is 0.848. The van der Waals surface area contributed by atoms with E-state index in [1.807, 2.05) is 11.8 Å². The lowest BCUT2D eigenvalue weighted by molar-refractivity contribution is 0.803. The summed E-state index contributed by atoms with van der Waals surface area (Å²) in [5.74, 6) is 0. The van der Waals surface area contributed by atoms with Crippen molar-refractivity contribution in [2.24, 2.45) is 0 Å². The van der Waals surface area contributed by atoms with Crippen LogP contribution < -0.4 is 5.32 Å². The predicted molar refractivity (Wildman–Crippen MR) is 88.8 cm³/mol. The second-order valence-corrected chi connectivity index (χ2v) is 6.93. The van der Waals surface area contributed by atoms with Crippen LogP contribution in [0.2, 0.25) is 0 Å². The van der Waals surface area contributed by atoms with Crippen molar-refractivity contribution in [1.82, 2.24) is 0 Å². The van der Waals surface area contributed by atoms with Crippen molar-refractivity contribution in [1.29, 1.82) is 0 Å². The van der Waals surface area contributed by atoms with Gasteiger partial charge in [0.2, 0.25) is 0 Å². The van der Waals surface area contributed by atoms with Crippen LogP contribution in [0, 0.1) is 13.8 Å². The standard InChI is InChI=1S/C18H21NS/c1-13-7-10-18(14(2)11-13)20-16-9-8-15-5-3-4-6-17(15)19-12-16/h3-7,10-11,16,19H,8-9,12H2,1-2H3. The summed E-state index contributed by atoms with van der Waals surface area (Å²) >= 11 is 2.02. The Morgan fingerprint density at radius 3 is 2.80 bits per heavy atom. The van der Waals surface area contributed by atoms with Crippen molar-refractivity contribution in [2.45, 2.75) is 36.8 Å². The molecule has 104 valence electrons. The molecule has 20 heavy (non-hydrogen) atoms. The summed E-state index contributed by atoms with van der Waals surface area (Å²) in [5, 5.41) is 4.25. The number of para-hydroxylation sites is 1. The molecule has 1 heterocycles. The van der Waals surface area contributed by atoms with Gasteiger partial charge in [0.25, 0.3) is 0 Å². The molecule has 0 bridgehead atoms. The fourth-order valence-electron chi connectivity index (χ4n) is 2.76. The summed E-state index contributed by atoms with van der Waals surface area (Å²) in [6, 6.07) is 15.5. The molecular weight excluding hydrogens is 262 g/mol. The second-order valence-electron chi connectivity index (χ2n) is 5.59. The summed E-state index contributed by atoms with van der Waals surface area (Å²) in [5.41, 5.74) is 5.52. The topological polar surface area (TPSA) is 12.0 Å². The van der Waals surface area contributed by atoms with E-state index >= 15 is 0 Å². The second kappa shape index (κ2) is 5.92. The third-order valence-electron chi connectivity index (χ3n) is 3.90. The highest BCUT2D eigenvalue weighted by Gasteiger charge is 2.17. The maximum atomic E-state index is 3.61. The first-order valence-corrected chi connectivity index (χ1v) is 8.16. The van der Waals surface area contributed by atoms with E-state index in [9.17, 15) is 0 Å². The van der Waals surface area contributed by atoms with Gasteiger partial charge in [-0.25, -0.2) is 0 Å². The Morgan fingerprint density at radius 1 is 1.10 bits per heavy atom. The first-order chi connectivity index (χ1) is 9.72. The van der Waals surface area contributed by atoms with Gasteiger partial charge in [-0.2, -0.15) is 0 Å². The van der Waals surface area contributed by atoms with E-state index in [0.29, 0.717) is 5.25 Å². The molecule has 1 aliphatic rings. The van der Waals surface area contributed by atoms with Crippen molar-refractivity contribution in [3.8, 4) is 0 Å². The molecule has 0 spiro atoms. The number of nitrogens with one attached hydrogen (secondary N) is 1. The molecule has 0 aliphatic carbocycles. The Labute approximate surface area is 125 Å². The molecule has 1 unspecified atom stereocenters. The minimum Gasteiger partial charge on any atom is -0.384 e. The highest BCUT2D eigenvalue weighted by atomic mass is 32.2. The van der Waals surface area contributed by atoms with Gasteiger partial charge in [0, 0.05) is 22.4 Å². The minimum absolute atomic E-state index is 0.642. The van der Waals surface area contributed by atoms with E-state index in [4.69, 9.17) is 0 Å². The van der Waals surface area contributed by atoms with Gasteiger partial charge in [0.15, 0.2) is 0 Å². The van der Waals surface area contributed by atoms with Crippen molar-refractivity contribution in [2.75, 3.05) is 11.9 Å². The van der Waals surface area contributed by atoms with Gasteiger partial charge in [0.05, 0.1) is 0 Å². The number of aryl methyl sites for hydroxylation is 3. The Morgan fingerprint density at radius 2 is 1.95 bits per heavy atom. The van der Waals surface area contributed by atoms with E-state index in [-0.39, 0.29) is 0 Å². The molecule has 0 fully saturated rings. The molecule has 1 N–H and O–H groups in total. The number of fused-ring (bicyclic) bond motifs is 1. The van der Waals surface area contributed by atoms with Crippen LogP contribution in [0.25, 0.3) is 0 Å². The zero-order chi connectivity index (χ0) is 13.9. The molecule has 0 saturated heterocycles.